The summed E-state index contributed by atoms with van der Waals surface area (Å²) in [4.78, 5) is 48.3. The third-order valence-corrected chi connectivity index (χ3v) is 5.47. The number of β-lactam (4-membered cyclic amide) rings is 1. The monoisotopic (exact) mass is 406 g/mol. The summed E-state index contributed by atoms with van der Waals surface area (Å²) in [6, 6.07) is 7.93. The fourth-order valence-electron chi connectivity index (χ4n) is 2.86. The van der Waals surface area contributed by atoms with E-state index in [0.717, 1.165) is 4.90 Å². The third-order valence-electron chi connectivity index (χ3n) is 4.13. The van der Waals surface area contributed by atoms with Gasteiger partial charge in [-0.15, -0.1) is 11.8 Å². The minimum Gasteiger partial charge on any atom is -0.484 e. The molecule has 1 fully saturated rings. The van der Waals surface area contributed by atoms with Crippen molar-refractivity contribution in [3.8, 4) is 5.75 Å². The van der Waals surface area contributed by atoms with Crippen LogP contribution < -0.4 is 10.1 Å². The quantitative estimate of drug-likeness (QED) is 0.492. The Balaban J connectivity index is 1.62. The lowest BCUT2D eigenvalue weighted by Gasteiger charge is -2.49. The van der Waals surface area contributed by atoms with Gasteiger partial charge in [0, 0.05) is 18.2 Å². The van der Waals surface area contributed by atoms with Crippen molar-refractivity contribution in [2.45, 2.75) is 18.3 Å². The van der Waals surface area contributed by atoms with Crippen LogP contribution in [0.2, 0.25) is 0 Å². The average Bonchev–Trinajstić information content (AvgIpc) is 2.68. The fraction of sp³-hybridized carbons (Fsp3) is 0.333. The maximum Gasteiger partial charge on any atom is 0.352 e. The molecule has 9 nitrogen and oxygen atoms in total. The van der Waals surface area contributed by atoms with E-state index in [4.69, 9.17) is 9.47 Å². The molecular weight excluding hydrogens is 388 g/mol. The van der Waals surface area contributed by atoms with E-state index >= 15 is 0 Å². The third kappa shape index (κ3) is 4.11. The fourth-order valence-corrected chi connectivity index (χ4v) is 4.19. The largest absolute Gasteiger partial charge is 0.484 e. The van der Waals surface area contributed by atoms with Crippen LogP contribution >= 0.6 is 11.8 Å². The average molecular weight is 406 g/mol. The molecule has 1 unspecified atom stereocenters. The smallest absolute Gasteiger partial charge is 0.352 e. The summed E-state index contributed by atoms with van der Waals surface area (Å²) in [5, 5.41) is 11.5. The zero-order chi connectivity index (χ0) is 20.3. The lowest BCUT2D eigenvalue weighted by molar-refractivity contribution is -0.151. The Morgan fingerprint density at radius 3 is 2.64 bits per heavy atom. The summed E-state index contributed by atoms with van der Waals surface area (Å²) >= 11 is 1.30. The van der Waals surface area contributed by atoms with Crippen molar-refractivity contribution in [2.75, 3.05) is 19.0 Å². The lowest BCUT2D eigenvalue weighted by Crippen LogP contribution is -2.71. The molecule has 1 saturated heterocycles. The Labute approximate surface area is 164 Å². The summed E-state index contributed by atoms with van der Waals surface area (Å²) in [6.07, 6.45) is 0. The first-order valence-corrected chi connectivity index (χ1v) is 9.44. The number of carboxylic acids is 1. The molecule has 0 radical (unpaired) electrons. The number of esters is 1. The highest BCUT2D eigenvalue weighted by Crippen LogP contribution is 2.40. The number of hydrogen-bond donors (Lipinski definition) is 2. The number of nitrogens with one attached hydrogen (secondary N) is 1. The van der Waals surface area contributed by atoms with Gasteiger partial charge in [-0.25, -0.2) is 4.79 Å². The number of para-hydroxylation sites is 1. The number of fused-ring (bicyclic) bond motifs is 1. The summed E-state index contributed by atoms with van der Waals surface area (Å²) in [6.45, 7) is 0.768. The second-order valence-corrected chi connectivity index (χ2v) is 7.20. The van der Waals surface area contributed by atoms with Gasteiger partial charge in [0.15, 0.2) is 6.61 Å². The van der Waals surface area contributed by atoms with Crippen LogP contribution in [0.25, 0.3) is 0 Å². The van der Waals surface area contributed by atoms with Crippen LogP contribution in [0.5, 0.6) is 5.75 Å². The first-order chi connectivity index (χ1) is 13.4. The van der Waals surface area contributed by atoms with Crippen molar-refractivity contribution < 1.29 is 33.8 Å². The SMILES string of the molecule is CC(=O)OCC1=C(C(=O)O)N2C(=O)[C@@H](NC(=O)COc3ccccc3)C2SC1. The molecule has 3 rings (SSSR count). The maximum atomic E-state index is 12.5. The highest BCUT2D eigenvalue weighted by Gasteiger charge is 2.54. The lowest BCUT2D eigenvalue weighted by atomic mass is 10.0. The second kappa shape index (κ2) is 8.34. The molecule has 1 aromatic carbocycles. The first-order valence-electron chi connectivity index (χ1n) is 8.39. The number of carbonyl (C=O) groups excluding carboxylic acids is 3. The Bertz CT molecular complexity index is 840. The van der Waals surface area contributed by atoms with E-state index in [1.807, 2.05) is 6.07 Å². The van der Waals surface area contributed by atoms with Gasteiger partial charge in [0.2, 0.25) is 0 Å². The number of carboxylic acid groups (broad SMARTS) is 1. The molecule has 2 amide bonds. The van der Waals surface area contributed by atoms with Crippen LogP contribution in [0.1, 0.15) is 6.92 Å². The van der Waals surface area contributed by atoms with Gasteiger partial charge < -0.3 is 19.9 Å². The first kappa shape index (κ1) is 19.7. The van der Waals surface area contributed by atoms with Crippen LogP contribution in [0, 0.1) is 0 Å². The molecule has 2 aliphatic heterocycles. The number of hydrogen-bond acceptors (Lipinski definition) is 7. The molecule has 0 aromatic heterocycles. The Kier molecular flexibility index (Phi) is 5.88. The molecule has 2 atom stereocenters. The van der Waals surface area contributed by atoms with Gasteiger partial charge in [0.05, 0.1) is 0 Å². The van der Waals surface area contributed by atoms with Gasteiger partial charge in [0.25, 0.3) is 11.8 Å². The predicted octanol–water partition coefficient (Wildman–Crippen LogP) is 0.367. The number of aliphatic carboxylic acids is 1. The van der Waals surface area contributed by atoms with Gasteiger partial charge in [-0.3, -0.25) is 19.3 Å². The Morgan fingerprint density at radius 1 is 1.29 bits per heavy atom. The van der Waals surface area contributed by atoms with E-state index in [-0.39, 0.29) is 24.7 Å². The van der Waals surface area contributed by atoms with Crippen molar-refractivity contribution >= 4 is 35.5 Å². The van der Waals surface area contributed by atoms with Crippen LogP contribution in [0.4, 0.5) is 0 Å². The minimum absolute atomic E-state index is 0.192. The van der Waals surface area contributed by atoms with E-state index in [2.05, 4.69) is 5.32 Å². The molecule has 2 N–H and O–H groups in total. The molecule has 2 heterocycles. The van der Waals surface area contributed by atoms with Crippen LogP contribution in [0.15, 0.2) is 41.6 Å². The van der Waals surface area contributed by atoms with Crippen molar-refractivity contribution in [2.24, 2.45) is 0 Å². The van der Waals surface area contributed by atoms with Crippen LogP contribution in [-0.4, -0.2) is 64.1 Å². The highest BCUT2D eigenvalue weighted by atomic mass is 32.2. The molecule has 0 spiro atoms. The Morgan fingerprint density at radius 2 is 2.00 bits per heavy atom. The van der Waals surface area contributed by atoms with E-state index in [0.29, 0.717) is 11.3 Å². The zero-order valence-corrected chi connectivity index (χ0v) is 15.7. The van der Waals surface area contributed by atoms with Crippen molar-refractivity contribution in [1.29, 1.82) is 0 Å². The molecule has 28 heavy (non-hydrogen) atoms. The summed E-state index contributed by atoms with van der Waals surface area (Å²) < 4.78 is 10.2. The standard InChI is InChI=1S/C18H18N2O7S/c1-10(21)26-7-11-9-28-17-14(16(23)20(17)15(11)18(24)25)19-13(22)8-27-12-5-3-2-4-6-12/h2-6,14,17H,7-9H2,1H3,(H,19,22)(H,24,25)/t14-,17?/m1/s1. The van der Waals surface area contributed by atoms with Gasteiger partial charge in [0.1, 0.15) is 29.5 Å². The van der Waals surface area contributed by atoms with Crippen molar-refractivity contribution in [3.05, 3.63) is 41.6 Å². The number of benzene rings is 1. The van der Waals surface area contributed by atoms with Crippen LogP contribution in [-0.2, 0) is 23.9 Å². The molecule has 0 saturated carbocycles. The highest BCUT2D eigenvalue weighted by molar-refractivity contribution is 8.00. The molecule has 148 valence electrons. The predicted molar refractivity (Wildman–Crippen MR) is 98.3 cm³/mol. The van der Waals surface area contributed by atoms with E-state index in [9.17, 15) is 24.3 Å². The molecule has 1 aromatic rings. The molecule has 2 aliphatic rings. The number of carbonyl (C=O) groups is 4. The minimum atomic E-state index is -1.28. The Hall–Kier alpha value is -3.01. The molecule has 10 heteroatoms. The molecule has 0 bridgehead atoms. The van der Waals surface area contributed by atoms with Gasteiger partial charge in [-0.1, -0.05) is 18.2 Å². The molecular formula is C18H18N2O7S. The summed E-state index contributed by atoms with van der Waals surface area (Å²) in [5.74, 6) is -2.02. The summed E-state index contributed by atoms with van der Waals surface area (Å²) in [7, 11) is 0. The zero-order valence-electron chi connectivity index (χ0n) is 14.9. The van der Waals surface area contributed by atoms with E-state index in [1.165, 1.54) is 18.7 Å². The van der Waals surface area contributed by atoms with E-state index in [1.54, 1.807) is 24.3 Å². The van der Waals surface area contributed by atoms with Crippen molar-refractivity contribution in [3.63, 3.8) is 0 Å². The topological polar surface area (TPSA) is 122 Å². The van der Waals surface area contributed by atoms with Crippen molar-refractivity contribution in [1.82, 2.24) is 10.2 Å². The summed E-state index contributed by atoms with van der Waals surface area (Å²) in [5.41, 5.74) is 0.149. The van der Waals surface area contributed by atoms with Gasteiger partial charge in [-0.2, -0.15) is 0 Å². The number of nitrogens with zero attached hydrogens (tertiary/aromatic N) is 1. The van der Waals surface area contributed by atoms with Gasteiger partial charge in [-0.05, 0) is 12.1 Å². The van der Waals surface area contributed by atoms with Crippen LogP contribution in [0.3, 0.4) is 0 Å². The number of thioether (sulfide) groups is 1. The molecule has 0 aliphatic carbocycles. The number of amides is 2. The normalized spacial score (nSPS) is 20.8. The number of ether oxygens (including phenoxy) is 2. The number of rotatable bonds is 7. The van der Waals surface area contributed by atoms with E-state index < -0.39 is 35.2 Å². The maximum absolute atomic E-state index is 12.5. The second-order valence-electron chi connectivity index (χ2n) is 6.09. The van der Waals surface area contributed by atoms with Gasteiger partial charge >= 0.3 is 11.9 Å².